The summed E-state index contributed by atoms with van der Waals surface area (Å²) in [5.74, 6) is -1.07. The average molecular weight is 573 g/mol. The Kier molecular flexibility index (Phi) is 8.38. The second-order valence-electron chi connectivity index (χ2n) is 9.26. The molecule has 0 atom stereocenters. The van der Waals surface area contributed by atoms with Gasteiger partial charge in [-0.05, 0) is 53.2 Å². The molecule has 15 heteroatoms. The van der Waals surface area contributed by atoms with Crippen LogP contribution in [0.1, 0.15) is 41.7 Å². The van der Waals surface area contributed by atoms with Crippen molar-refractivity contribution in [2.75, 3.05) is 41.8 Å². The monoisotopic (exact) mass is 572 g/mol. The standard InChI is InChI=1S/C24H28N8O5S2/c1-31-24(28-29-30-31)39-21-18(13-19(33)34)26-23(38-21)27-22(36)25-17-7-6-15(32-8-10-37-11-9-32)12-16(17)20(35)14-4-2-3-5-14/h6-7,12,14H,2-5,8-11,13H2,1H3,(H,33,34)(H2,25,26,27,36). The van der Waals surface area contributed by atoms with E-state index in [9.17, 15) is 19.5 Å². The first-order valence-corrected chi connectivity index (χ1v) is 14.2. The van der Waals surface area contributed by atoms with Gasteiger partial charge in [0.05, 0.1) is 35.2 Å². The average Bonchev–Trinajstić information content (AvgIpc) is 3.67. The Balaban J connectivity index is 1.35. The SMILES string of the molecule is Cn1nnnc1Sc1sc(NC(=O)Nc2ccc(N3CCOCC3)cc2C(=O)C2CCCC2)nc1CC(=O)O. The number of morpholine rings is 1. The number of hydrogen-bond acceptors (Lipinski definition) is 11. The molecule has 1 saturated heterocycles. The molecule has 1 aromatic carbocycles. The van der Waals surface area contributed by atoms with Crippen LogP contribution >= 0.6 is 23.1 Å². The number of rotatable bonds is 9. The van der Waals surface area contributed by atoms with Gasteiger partial charge in [-0.2, -0.15) is 0 Å². The number of anilines is 3. The predicted molar refractivity (Wildman–Crippen MR) is 145 cm³/mol. The molecule has 3 aromatic rings. The normalized spacial score (nSPS) is 15.9. The highest BCUT2D eigenvalue weighted by molar-refractivity contribution is 8.01. The van der Waals surface area contributed by atoms with E-state index >= 15 is 0 Å². The van der Waals surface area contributed by atoms with Gasteiger partial charge in [0, 0.05) is 37.3 Å². The zero-order valence-electron chi connectivity index (χ0n) is 21.3. The van der Waals surface area contributed by atoms with Crippen LogP contribution in [0, 0.1) is 5.92 Å². The molecular weight excluding hydrogens is 544 g/mol. The number of carbonyl (C=O) groups is 3. The number of hydrogen-bond donors (Lipinski definition) is 3. The Morgan fingerprint density at radius 3 is 2.64 bits per heavy atom. The van der Waals surface area contributed by atoms with Crippen molar-refractivity contribution < 1.29 is 24.2 Å². The summed E-state index contributed by atoms with van der Waals surface area (Å²) in [4.78, 5) is 44.4. The van der Waals surface area contributed by atoms with Gasteiger partial charge in [-0.25, -0.2) is 14.5 Å². The van der Waals surface area contributed by atoms with Gasteiger partial charge in [0.25, 0.3) is 0 Å². The molecule has 2 fully saturated rings. The van der Waals surface area contributed by atoms with Crippen molar-refractivity contribution in [3.05, 3.63) is 29.5 Å². The van der Waals surface area contributed by atoms with E-state index in [1.54, 1.807) is 13.1 Å². The number of aryl methyl sites for hydroxylation is 1. The van der Waals surface area contributed by atoms with E-state index < -0.39 is 12.0 Å². The number of nitrogens with one attached hydrogen (secondary N) is 2. The van der Waals surface area contributed by atoms with Crippen molar-refractivity contribution >= 4 is 57.4 Å². The number of nitrogens with zero attached hydrogens (tertiary/aromatic N) is 6. The highest BCUT2D eigenvalue weighted by atomic mass is 32.2. The number of carboxylic acids is 1. The third-order valence-electron chi connectivity index (χ3n) is 6.58. The van der Waals surface area contributed by atoms with Crippen LogP contribution in [0.2, 0.25) is 0 Å². The molecule has 5 rings (SSSR count). The maximum atomic E-state index is 13.5. The molecule has 2 aliphatic rings. The molecule has 1 aliphatic carbocycles. The number of carboxylic acid groups (broad SMARTS) is 1. The van der Waals surface area contributed by atoms with Gasteiger partial charge in [0.15, 0.2) is 10.9 Å². The number of aromatic nitrogens is 5. The van der Waals surface area contributed by atoms with E-state index in [0.717, 1.165) is 55.8 Å². The fourth-order valence-corrected chi connectivity index (χ4v) is 6.62. The number of ketones is 1. The van der Waals surface area contributed by atoms with Crippen LogP contribution in [0.25, 0.3) is 0 Å². The summed E-state index contributed by atoms with van der Waals surface area (Å²) in [5.41, 5.74) is 2.12. The van der Waals surface area contributed by atoms with Crippen LogP contribution in [0.5, 0.6) is 0 Å². The third-order valence-corrected chi connectivity index (χ3v) is 8.84. The molecule has 0 unspecified atom stereocenters. The minimum atomic E-state index is -1.05. The van der Waals surface area contributed by atoms with E-state index in [2.05, 4.69) is 36.0 Å². The number of aliphatic carboxylic acids is 1. The number of urea groups is 1. The van der Waals surface area contributed by atoms with Crippen LogP contribution in [0.3, 0.4) is 0 Å². The van der Waals surface area contributed by atoms with Crippen molar-refractivity contribution in [2.45, 2.75) is 41.5 Å². The van der Waals surface area contributed by atoms with E-state index in [4.69, 9.17) is 4.74 Å². The molecule has 3 N–H and O–H groups in total. The van der Waals surface area contributed by atoms with E-state index in [1.165, 1.54) is 16.4 Å². The van der Waals surface area contributed by atoms with Crippen LogP contribution in [0.4, 0.5) is 21.3 Å². The van der Waals surface area contributed by atoms with Crippen LogP contribution in [0.15, 0.2) is 27.6 Å². The van der Waals surface area contributed by atoms with E-state index in [0.29, 0.717) is 39.5 Å². The lowest BCUT2D eigenvalue weighted by Gasteiger charge is -2.29. The van der Waals surface area contributed by atoms with Gasteiger partial charge < -0.3 is 20.1 Å². The minimum Gasteiger partial charge on any atom is -0.481 e. The highest BCUT2D eigenvalue weighted by Crippen LogP contribution is 2.37. The van der Waals surface area contributed by atoms with Gasteiger partial charge in [-0.3, -0.25) is 14.9 Å². The molecular formula is C24H28N8O5S2. The molecule has 0 radical (unpaired) electrons. The molecule has 2 amide bonds. The lowest BCUT2D eigenvalue weighted by Crippen LogP contribution is -2.36. The third kappa shape index (κ3) is 6.54. The molecule has 0 spiro atoms. The quantitative estimate of drug-likeness (QED) is 0.322. The van der Waals surface area contributed by atoms with Crippen molar-refractivity contribution in [1.82, 2.24) is 25.2 Å². The number of amides is 2. The molecule has 13 nitrogen and oxygen atoms in total. The summed E-state index contributed by atoms with van der Waals surface area (Å²) in [6, 6.07) is 4.93. The van der Waals surface area contributed by atoms with Crippen LogP contribution in [-0.2, 0) is 23.0 Å². The largest absolute Gasteiger partial charge is 0.481 e. The Hall–Kier alpha value is -3.56. The van der Waals surface area contributed by atoms with Gasteiger partial charge >= 0.3 is 12.0 Å². The van der Waals surface area contributed by atoms with E-state index in [1.807, 2.05) is 12.1 Å². The fourth-order valence-electron chi connectivity index (χ4n) is 4.64. The van der Waals surface area contributed by atoms with Gasteiger partial charge in [0.2, 0.25) is 5.16 Å². The molecule has 0 bridgehead atoms. The van der Waals surface area contributed by atoms with Crippen LogP contribution in [-0.4, -0.2) is 74.4 Å². The maximum absolute atomic E-state index is 13.5. The predicted octanol–water partition coefficient (Wildman–Crippen LogP) is 3.30. The first-order valence-electron chi connectivity index (χ1n) is 12.6. The molecule has 2 aromatic heterocycles. The van der Waals surface area contributed by atoms with Crippen molar-refractivity contribution in [2.24, 2.45) is 13.0 Å². The molecule has 39 heavy (non-hydrogen) atoms. The number of ether oxygens (including phenoxy) is 1. The number of thiazole rings is 1. The van der Waals surface area contributed by atoms with Crippen molar-refractivity contribution in [3.63, 3.8) is 0 Å². The Labute approximate surface area is 232 Å². The molecule has 1 saturated carbocycles. The maximum Gasteiger partial charge on any atom is 0.325 e. The number of benzene rings is 1. The Bertz CT molecular complexity index is 1360. The first-order chi connectivity index (χ1) is 18.9. The summed E-state index contributed by atoms with van der Waals surface area (Å²) in [7, 11) is 1.67. The van der Waals surface area contributed by atoms with Crippen molar-refractivity contribution in [1.29, 1.82) is 0 Å². The summed E-state index contributed by atoms with van der Waals surface area (Å²) in [5, 5.41) is 26.8. The lowest BCUT2D eigenvalue weighted by molar-refractivity contribution is -0.136. The first kappa shape index (κ1) is 27.0. The lowest BCUT2D eigenvalue weighted by atomic mass is 9.94. The van der Waals surface area contributed by atoms with Gasteiger partial charge in [0.1, 0.15) is 0 Å². The highest BCUT2D eigenvalue weighted by Gasteiger charge is 2.27. The smallest absolute Gasteiger partial charge is 0.325 e. The summed E-state index contributed by atoms with van der Waals surface area (Å²) < 4.78 is 7.47. The van der Waals surface area contributed by atoms with Gasteiger partial charge in [-0.1, -0.05) is 24.2 Å². The second-order valence-corrected chi connectivity index (χ2v) is 11.5. The zero-order chi connectivity index (χ0) is 27.4. The number of Topliss-reactive ketones (excluding diaryl/α,β-unsaturated/α-hetero) is 1. The fraction of sp³-hybridized carbons (Fsp3) is 0.458. The topological polar surface area (TPSA) is 164 Å². The number of tetrazole rings is 1. The van der Waals surface area contributed by atoms with Gasteiger partial charge in [-0.15, -0.1) is 5.10 Å². The second kappa shape index (κ2) is 12.1. The number of carbonyl (C=O) groups excluding carboxylic acids is 2. The molecule has 206 valence electrons. The zero-order valence-corrected chi connectivity index (χ0v) is 22.9. The van der Waals surface area contributed by atoms with Crippen molar-refractivity contribution in [3.8, 4) is 0 Å². The Morgan fingerprint density at radius 1 is 1.18 bits per heavy atom. The van der Waals surface area contributed by atoms with E-state index in [-0.39, 0.29) is 23.3 Å². The minimum absolute atomic E-state index is 0.0341. The summed E-state index contributed by atoms with van der Waals surface area (Å²) in [6.45, 7) is 2.72. The molecule has 3 heterocycles. The van der Waals surface area contributed by atoms with Crippen LogP contribution < -0.4 is 15.5 Å². The molecule has 1 aliphatic heterocycles. The summed E-state index contributed by atoms with van der Waals surface area (Å²) in [6.07, 6.45) is 3.42. The Morgan fingerprint density at radius 2 is 1.95 bits per heavy atom. The summed E-state index contributed by atoms with van der Waals surface area (Å²) >= 11 is 2.29.